The lowest BCUT2D eigenvalue weighted by Gasteiger charge is -2.11. The Bertz CT molecular complexity index is 663. The van der Waals surface area contributed by atoms with Crippen molar-refractivity contribution < 1.29 is 29.0 Å². The Balaban J connectivity index is 2.90. The maximum Gasteiger partial charge on any atom is 0.328 e. The molecule has 0 spiro atoms. The standard InChI is InChI=1S/C21H28O6/c1-3-5-7-9-20(24)26-17-13-11-16(12-14-19(22)23)15-18(17)27-21(25)10-8-6-4-2/h11-15H,3-10H2,1-2H3,(H,22,23)/b14-12+. The molecule has 0 aliphatic rings. The number of carboxylic acids is 1. The number of aliphatic carboxylic acids is 1. The van der Waals surface area contributed by atoms with E-state index in [9.17, 15) is 14.4 Å². The minimum absolute atomic E-state index is 0.118. The number of esters is 2. The molecule has 0 saturated heterocycles. The molecule has 1 aromatic carbocycles. The van der Waals surface area contributed by atoms with Crippen LogP contribution in [0.25, 0.3) is 6.08 Å². The van der Waals surface area contributed by atoms with Crippen molar-refractivity contribution >= 4 is 24.0 Å². The largest absolute Gasteiger partial charge is 0.478 e. The van der Waals surface area contributed by atoms with E-state index < -0.39 is 11.9 Å². The summed E-state index contributed by atoms with van der Waals surface area (Å²) in [5, 5.41) is 8.74. The number of ether oxygens (including phenoxy) is 2. The zero-order valence-corrected chi connectivity index (χ0v) is 16.0. The molecule has 0 bridgehead atoms. The van der Waals surface area contributed by atoms with Crippen LogP contribution in [-0.4, -0.2) is 23.0 Å². The Morgan fingerprint density at radius 1 is 0.889 bits per heavy atom. The molecule has 6 nitrogen and oxygen atoms in total. The van der Waals surface area contributed by atoms with Crippen molar-refractivity contribution in [1.29, 1.82) is 0 Å². The van der Waals surface area contributed by atoms with E-state index in [2.05, 4.69) is 0 Å². The van der Waals surface area contributed by atoms with Gasteiger partial charge in [-0.2, -0.15) is 0 Å². The third kappa shape index (κ3) is 9.58. The van der Waals surface area contributed by atoms with Gasteiger partial charge < -0.3 is 14.6 Å². The van der Waals surface area contributed by atoms with Crippen molar-refractivity contribution in [3.63, 3.8) is 0 Å². The molecular weight excluding hydrogens is 348 g/mol. The first kappa shape index (κ1) is 22.4. The average molecular weight is 376 g/mol. The summed E-state index contributed by atoms with van der Waals surface area (Å²) in [5.74, 6) is -1.60. The molecule has 0 atom stereocenters. The van der Waals surface area contributed by atoms with Crippen LogP contribution < -0.4 is 9.47 Å². The third-order valence-electron chi connectivity index (χ3n) is 3.80. The van der Waals surface area contributed by atoms with Gasteiger partial charge >= 0.3 is 17.9 Å². The summed E-state index contributed by atoms with van der Waals surface area (Å²) in [4.78, 5) is 34.7. The Kier molecular flexibility index (Phi) is 10.5. The fourth-order valence-corrected chi connectivity index (χ4v) is 2.35. The second-order valence-electron chi connectivity index (χ2n) is 6.24. The summed E-state index contributed by atoms with van der Waals surface area (Å²) in [5.41, 5.74) is 0.527. The minimum Gasteiger partial charge on any atom is -0.478 e. The second kappa shape index (κ2) is 12.7. The Hall–Kier alpha value is -2.63. The zero-order valence-electron chi connectivity index (χ0n) is 16.0. The van der Waals surface area contributed by atoms with Crippen LogP contribution in [0.4, 0.5) is 0 Å². The maximum atomic E-state index is 12.0. The van der Waals surface area contributed by atoms with Gasteiger partial charge in [-0.15, -0.1) is 0 Å². The molecule has 0 fully saturated rings. The van der Waals surface area contributed by atoms with Gasteiger partial charge in [0.05, 0.1) is 0 Å². The summed E-state index contributed by atoms with van der Waals surface area (Å²) in [7, 11) is 0. The zero-order chi connectivity index (χ0) is 20.1. The van der Waals surface area contributed by atoms with Gasteiger partial charge in [-0.1, -0.05) is 45.6 Å². The monoisotopic (exact) mass is 376 g/mol. The van der Waals surface area contributed by atoms with Gasteiger partial charge in [0.25, 0.3) is 0 Å². The maximum absolute atomic E-state index is 12.0. The van der Waals surface area contributed by atoms with Crippen LogP contribution in [0.3, 0.4) is 0 Å². The lowest BCUT2D eigenvalue weighted by atomic mass is 10.1. The van der Waals surface area contributed by atoms with Crippen LogP contribution in [0.1, 0.15) is 70.8 Å². The Labute approximate surface area is 160 Å². The molecular formula is C21H28O6. The lowest BCUT2D eigenvalue weighted by molar-refractivity contribution is -0.137. The molecule has 0 heterocycles. The summed E-state index contributed by atoms with van der Waals surface area (Å²) in [6, 6.07) is 4.60. The van der Waals surface area contributed by atoms with Gasteiger partial charge in [0, 0.05) is 18.9 Å². The van der Waals surface area contributed by atoms with Crippen LogP contribution in [0, 0.1) is 0 Å². The highest BCUT2D eigenvalue weighted by atomic mass is 16.6. The van der Waals surface area contributed by atoms with Crippen molar-refractivity contribution in [3.05, 3.63) is 29.8 Å². The molecule has 0 amide bonds. The van der Waals surface area contributed by atoms with E-state index in [4.69, 9.17) is 14.6 Å². The molecule has 1 aromatic rings. The average Bonchev–Trinajstić information content (AvgIpc) is 2.62. The van der Waals surface area contributed by atoms with Gasteiger partial charge in [0.1, 0.15) is 0 Å². The first-order valence-electron chi connectivity index (χ1n) is 9.42. The van der Waals surface area contributed by atoms with E-state index in [-0.39, 0.29) is 23.9 Å². The quantitative estimate of drug-likeness (QED) is 0.245. The second-order valence-corrected chi connectivity index (χ2v) is 6.24. The Morgan fingerprint density at radius 3 is 1.96 bits per heavy atom. The topological polar surface area (TPSA) is 89.9 Å². The minimum atomic E-state index is -1.08. The first-order valence-corrected chi connectivity index (χ1v) is 9.42. The van der Waals surface area contributed by atoms with Gasteiger partial charge in [0.15, 0.2) is 11.5 Å². The molecule has 0 unspecified atom stereocenters. The number of carboxylic acid groups (broad SMARTS) is 1. The summed E-state index contributed by atoms with van der Waals surface area (Å²) >= 11 is 0. The number of carbonyl (C=O) groups excluding carboxylic acids is 2. The van der Waals surface area contributed by atoms with Gasteiger partial charge in [-0.05, 0) is 36.6 Å². The predicted octanol–water partition coefficient (Wildman–Crippen LogP) is 4.76. The van der Waals surface area contributed by atoms with Crippen LogP contribution in [0.2, 0.25) is 0 Å². The number of benzene rings is 1. The van der Waals surface area contributed by atoms with E-state index >= 15 is 0 Å². The van der Waals surface area contributed by atoms with Crippen molar-refractivity contribution in [1.82, 2.24) is 0 Å². The molecule has 6 heteroatoms. The number of hydrogen-bond acceptors (Lipinski definition) is 5. The van der Waals surface area contributed by atoms with Gasteiger partial charge in [0.2, 0.25) is 0 Å². The van der Waals surface area contributed by atoms with E-state index in [1.807, 2.05) is 13.8 Å². The highest BCUT2D eigenvalue weighted by Crippen LogP contribution is 2.30. The fourth-order valence-electron chi connectivity index (χ4n) is 2.35. The third-order valence-corrected chi connectivity index (χ3v) is 3.80. The number of hydrogen-bond donors (Lipinski definition) is 1. The molecule has 0 radical (unpaired) electrons. The molecule has 148 valence electrons. The van der Waals surface area contributed by atoms with Crippen molar-refractivity contribution in [2.24, 2.45) is 0 Å². The van der Waals surface area contributed by atoms with Crippen LogP contribution in [0.15, 0.2) is 24.3 Å². The van der Waals surface area contributed by atoms with E-state index in [0.717, 1.165) is 44.6 Å². The summed E-state index contributed by atoms with van der Waals surface area (Å²) in [6.07, 6.45) is 8.24. The molecule has 1 rings (SSSR count). The molecule has 0 aliphatic heterocycles. The smallest absolute Gasteiger partial charge is 0.328 e. The van der Waals surface area contributed by atoms with Crippen LogP contribution in [-0.2, 0) is 14.4 Å². The number of unbranched alkanes of at least 4 members (excludes halogenated alkanes) is 4. The predicted molar refractivity (Wildman–Crippen MR) is 103 cm³/mol. The first-order chi connectivity index (χ1) is 13.0. The van der Waals surface area contributed by atoms with Crippen molar-refractivity contribution in [3.8, 4) is 11.5 Å². The molecule has 0 aliphatic carbocycles. The molecule has 27 heavy (non-hydrogen) atoms. The van der Waals surface area contributed by atoms with Crippen molar-refractivity contribution in [2.75, 3.05) is 0 Å². The van der Waals surface area contributed by atoms with Crippen molar-refractivity contribution in [2.45, 2.75) is 65.2 Å². The van der Waals surface area contributed by atoms with E-state index in [1.165, 1.54) is 18.2 Å². The normalized spacial score (nSPS) is 10.7. The highest BCUT2D eigenvalue weighted by molar-refractivity contribution is 5.85. The number of carbonyl (C=O) groups is 3. The van der Waals surface area contributed by atoms with Crippen LogP contribution in [0.5, 0.6) is 11.5 Å². The van der Waals surface area contributed by atoms with E-state index in [1.54, 1.807) is 6.07 Å². The molecule has 0 aromatic heterocycles. The van der Waals surface area contributed by atoms with E-state index in [0.29, 0.717) is 12.0 Å². The molecule has 0 saturated carbocycles. The van der Waals surface area contributed by atoms with Gasteiger partial charge in [-0.25, -0.2) is 4.79 Å². The number of rotatable bonds is 12. The summed E-state index contributed by atoms with van der Waals surface area (Å²) < 4.78 is 10.7. The fraction of sp³-hybridized carbons (Fsp3) is 0.476. The highest BCUT2D eigenvalue weighted by Gasteiger charge is 2.14. The Morgan fingerprint density at radius 2 is 1.44 bits per heavy atom. The molecule has 1 N–H and O–H groups in total. The lowest BCUT2D eigenvalue weighted by Crippen LogP contribution is -2.12. The van der Waals surface area contributed by atoms with Crippen LogP contribution >= 0.6 is 0 Å². The summed E-state index contributed by atoms with van der Waals surface area (Å²) in [6.45, 7) is 4.09. The van der Waals surface area contributed by atoms with Gasteiger partial charge in [-0.3, -0.25) is 9.59 Å². The SMILES string of the molecule is CCCCCC(=O)Oc1ccc(/C=C/C(=O)O)cc1OC(=O)CCCCC.